The van der Waals surface area contributed by atoms with Crippen LogP contribution in [0.5, 0.6) is 11.5 Å². The number of hydrogen-bond donors (Lipinski definition) is 1. The molecule has 1 amide bonds. The van der Waals surface area contributed by atoms with Gasteiger partial charge in [-0.15, -0.1) is 0 Å². The van der Waals surface area contributed by atoms with Gasteiger partial charge in [0.15, 0.2) is 11.5 Å². The molecule has 0 aliphatic heterocycles. The molecular weight excluding hydrogens is 571 g/mol. The molecule has 0 bridgehead atoms. The number of esters is 1. The molecule has 0 spiro atoms. The normalized spacial score (nSPS) is 10.8. The number of halogens is 1. The van der Waals surface area contributed by atoms with Crippen LogP contribution in [0.25, 0.3) is 6.08 Å². The molecule has 7 nitrogen and oxygen atoms in total. The van der Waals surface area contributed by atoms with Gasteiger partial charge in [-0.05, 0) is 101 Å². The third kappa shape index (κ3) is 6.64. The molecule has 0 atom stereocenters. The molecule has 3 rings (SSSR count). The van der Waals surface area contributed by atoms with Crippen molar-refractivity contribution in [3.63, 3.8) is 0 Å². The number of anilines is 1. The number of ether oxygens (including phenoxy) is 3. The molecule has 0 heterocycles. The first-order valence-corrected chi connectivity index (χ1v) is 12.0. The quantitative estimate of drug-likeness (QED) is 0.152. The molecule has 0 unspecified atom stereocenters. The van der Waals surface area contributed by atoms with E-state index < -0.39 is 11.9 Å². The molecule has 0 aliphatic rings. The SMILES string of the molecule is COC(=O)c1ccc(NC(=O)/C(C#N)=C/c2cc(I)c(OCc3ccc(C)c(C)c3)c(OC)c2)cc1. The zero-order chi connectivity index (χ0) is 26.2. The minimum Gasteiger partial charge on any atom is -0.493 e. The molecule has 8 heteroatoms. The van der Waals surface area contributed by atoms with Crippen LogP contribution in [-0.2, 0) is 16.1 Å². The second kappa shape index (κ2) is 12.2. The van der Waals surface area contributed by atoms with E-state index >= 15 is 0 Å². The number of nitrogens with one attached hydrogen (secondary N) is 1. The van der Waals surface area contributed by atoms with Crippen LogP contribution >= 0.6 is 22.6 Å². The number of nitrogens with zero attached hydrogens (tertiary/aromatic N) is 1. The Bertz CT molecular complexity index is 1360. The van der Waals surface area contributed by atoms with E-state index in [1.54, 1.807) is 18.2 Å². The summed E-state index contributed by atoms with van der Waals surface area (Å²) in [6.07, 6.45) is 1.48. The van der Waals surface area contributed by atoms with Crippen molar-refractivity contribution in [1.82, 2.24) is 0 Å². The fourth-order valence-electron chi connectivity index (χ4n) is 3.33. The number of methoxy groups -OCH3 is 2. The van der Waals surface area contributed by atoms with Gasteiger partial charge < -0.3 is 19.5 Å². The smallest absolute Gasteiger partial charge is 0.337 e. The molecule has 0 saturated heterocycles. The van der Waals surface area contributed by atoms with Crippen LogP contribution in [-0.4, -0.2) is 26.1 Å². The monoisotopic (exact) mass is 596 g/mol. The van der Waals surface area contributed by atoms with Gasteiger partial charge in [-0.25, -0.2) is 4.79 Å². The molecule has 3 aromatic carbocycles. The van der Waals surface area contributed by atoms with Crippen molar-refractivity contribution < 1.29 is 23.8 Å². The Balaban J connectivity index is 1.78. The van der Waals surface area contributed by atoms with Gasteiger partial charge in [0.1, 0.15) is 18.2 Å². The van der Waals surface area contributed by atoms with E-state index in [0.717, 1.165) is 9.13 Å². The maximum absolute atomic E-state index is 12.7. The van der Waals surface area contributed by atoms with E-state index in [2.05, 4.69) is 58.6 Å². The number of amides is 1. The molecule has 3 aromatic rings. The van der Waals surface area contributed by atoms with E-state index in [1.807, 2.05) is 18.2 Å². The molecule has 1 N–H and O–H groups in total. The summed E-state index contributed by atoms with van der Waals surface area (Å²) in [5, 5.41) is 12.2. The summed E-state index contributed by atoms with van der Waals surface area (Å²) in [7, 11) is 2.83. The summed E-state index contributed by atoms with van der Waals surface area (Å²) in [5.41, 5.74) is 4.78. The highest BCUT2D eigenvalue weighted by atomic mass is 127. The van der Waals surface area contributed by atoms with Gasteiger partial charge in [-0.3, -0.25) is 4.79 Å². The molecule has 0 aliphatic carbocycles. The van der Waals surface area contributed by atoms with Gasteiger partial charge in [-0.2, -0.15) is 5.26 Å². The van der Waals surface area contributed by atoms with Crippen molar-refractivity contribution in [2.24, 2.45) is 0 Å². The number of hydrogen-bond acceptors (Lipinski definition) is 6. The minimum atomic E-state index is -0.577. The Kier molecular flexibility index (Phi) is 9.08. The first-order valence-electron chi connectivity index (χ1n) is 10.9. The zero-order valence-electron chi connectivity index (χ0n) is 20.3. The minimum absolute atomic E-state index is 0.0892. The number of aryl methyl sites for hydroxylation is 2. The van der Waals surface area contributed by atoms with Crippen LogP contribution in [0.4, 0.5) is 5.69 Å². The second-order valence-electron chi connectivity index (χ2n) is 7.93. The number of rotatable bonds is 8. The standard InChI is InChI=1S/C28H25IN2O5/c1-17-5-6-19(11-18(17)2)16-36-26-24(29)13-20(14-25(26)34-3)12-22(15-30)27(32)31-23-9-7-21(8-10-23)28(33)35-4/h5-14H,16H2,1-4H3,(H,31,32)/b22-12+. The van der Waals surface area contributed by atoms with E-state index in [-0.39, 0.29) is 5.57 Å². The van der Waals surface area contributed by atoms with Crippen LogP contribution in [0.3, 0.4) is 0 Å². The molecule has 36 heavy (non-hydrogen) atoms. The summed E-state index contributed by atoms with van der Waals surface area (Å²) in [6, 6.07) is 17.8. The van der Waals surface area contributed by atoms with Gasteiger partial charge in [0.2, 0.25) is 0 Å². The zero-order valence-corrected chi connectivity index (χ0v) is 22.5. The lowest BCUT2D eigenvalue weighted by Crippen LogP contribution is -2.13. The van der Waals surface area contributed by atoms with Crippen molar-refractivity contribution in [1.29, 1.82) is 5.26 Å². The largest absolute Gasteiger partial charge is 0.493 e. The highest BCUT2D eigenvalue weighted by Gasteiger charge is 2.15. The maximum Gasteiger partial charge on any atom is 0.337 e. The Morgan fingerprint density at radius 2 is 1.75 bits per heavy atom. The van der Waals surface area contributed by atoms with Crippen LogP contribution in [0.2, 0.25) is 0 Å². The maximum atomic E-state index is 12.7. The van der Waals surface area contributed by atoms with Crippen LogP contribution in [0.15, 0.2) is 60.2 Å². The van der Waals surface area contributed by atoms with Crippen LogP contribution in [0, 0.1) is 28.7 Å². The Hall–Kier alpha value is -3.84. The van der Waals surface area contributed by atoms with Crippen LogP contribution < -0.4 is 14.8 Å². The third-order valence-electron chi connectivity index (χ3n) is 5.45. The summed E-state index contributed by atoms with van der Waals surface area (Å²) < 4.78 is 17.0. The van der Waals surface area contributed by atoms with Crippen molar-refractivity contribution in [2.75, 3.05) is 19.5 Å². The highest BCUT2D eigenvalue weighted by Crippen LogP contribution is 2.35. The van der Waals surface area contributed by atoms with Crippen LogP contribution in [0.1, 0.15) is 32.6 Å². The number of benzene rings is 3. The van der Waals surface area contributed by atoms with Crippen molar-refractivity contribution in [3.8, 4) is 17.6 Å². The summed E-state index contributed by atoms with van der Waals surface area (Å²) in [4.78, 5) is 24.3. The Labute approximate surface area is 223 Å². The third-order valence-corrected chi connectivity index (χ3v) is 6.25. The van der Waals surface area contributed by atoms with E-state index in [1.165, 1.54) is 43.6 Å². The lowest BCUT2D eigenvalue weighted by atomic mass is 10.1. The van der Waals surface area contributed by atoms with Crippen molar-refractivity contribution in [2.45, 2.75) is 20.5 Å². The molecule has 184 valence electrons. The highest BCUT2D eigenvalue weighted by molar-refractivity contribution is 14.1. The number of carbonyl (C=O) groups is 2. The van der Waals surface area contributed by atoms with Gasteiger partial charge in [0, 0.05) is 5.69 Å². The summed E-state index contributed by atoms with van der Waals surface area (Å²) >= 11 is 2.14. The molecule has 0 radical (unpaired) electrons. The topological polar surface area (TPSA) is 97.7 Å². The average Bonchev–Trinajstić information content (AvgIpc) is 2.88. The van der Waals surface area contributed by atoms with Gasteiger partial charge in [0.25, 0.3) is 5.91 Å². The predicted molar refractivity (Wildman–Crippen MR) is 146 cm³/mol. The number of nitriles is 1. The van der Waals surface area contributed by atoms with Gasteiger partial charge in [-0.1, -0.05) is 18.2 Å². The van der Waals surface area contributed by atoms with E-state index in [9.17, 15) is 14.9 Å². The fraction of sp³-hybridized carbons (Fsp3) is 0.179. The lowest BCUT2D eigenvalue weighted by molar-refractivity contribution is -0.112. The first kappa shape index (κ1) is 26.8. The Morgan fingerprint density at radius 1 is 1.03 bits per heavy atom. The van der Waals surface area contributed by atoms with Crippen molar-refractivity contribution in [3.05, 3.63) is 91.6 Å². The van der Waals surface area contributed by atoms with Gasteiger partial charge in [0.05, 0.1) is 23.4 Å². The molecule has 0 aromatic heterocycles. The summed E-state index contributed by atoms with van der Waals surface area (Å²) in [5.74, 6) is 0.0259. The lowest BCUT2D eigenvalue weighted by Gasteiger charge is -2.14. The first-order chi connectivity index (χ1) is 17.2. The number of carbonyl (C=O) groups excluding carboxylic acids is 2. The van der Waals surface area contributed by atoms with Crippen molar-refractivity contribution >= 4 is 46.2 Å². The average molecular weight is 596 g/mol. The fourth-order valence-corrected chi connectivity index (χ4v) is 4.11. The van der Waals surface area contributed by atoms with Gasteiger partial charge >= 0.3 is 5.97 Å². The van der Waals surface area contributed by atoms with E-state index in [4.69, 9.17) is 9.47 Å². The molecule has 0 fully saturated rings. The molecule has 0 saturated carbocycles. The summed E-state index contributed by atoms with van der Waals surface area (Å²) in [6.45, 7) is 4.50. The predicted octanol–water partition coefficient (Wildman–Crippen LogP) is 5.83. The molecular formula is C28H25IN2O5. The van der Waals surface area contributed by atoms with E-state index in [0.29, 0.717) is 34.9 Å². The second-order valence-corrected chi connectivity index (χ2v) is 9.10. The Morgan fingerprint density at radius 3 is 2.36 bits per heavy atom.